The molecule has 1 aromatic rings. The van der Waals surface area contributed by atoms with Crippen molar-refractivity contribution < 1.29 is 4.74 Å². The monoisotopic (exact) mass is 253 g/mol. The summed E-state index contributed by atoms with van der Waals surface area (Å²) < 4.78 is 5.34. The molecular formula is C14H20ClNO. The number of hydrogen-bond acceptors (Lipinski definition) is 2. The molecule has 94 valence electrons. The molecule has 0 amide bonds. The molecule has 0 aliphatic heterocycles. The van der Waals surface area contributed by atoms with E-state index in [-0.39, 0.29) is 5.38 Å². The van der Waals surface area contributed by atoms with E-state index in [0.29, 0.717) is 6.04 Å². The Labute approximate surface area is 108 Å². The Hall–Kier alpha value is -0.730. The van der Waals surface area contributed by atoms with Gasteiger partial charge < -0.3 is 10.1 Å². The van der Waals surface area contributed by atoms with Crippen molar-refractivity contribution in [2.24, 2.45) is 0 Å². The molecule has 2 atom stereocenters. The molecule has 1 aromatic carbocycles. The summed E-state index contributed by atoms with van der Waals surface area (Å²) in [6, 6.07) is 8.56. The lowest BCUT2D eigenvalue weighted by molar-refractivity contribution is 0.370. The van der Waals surface area contributed by atoms with E-state index in [2.05, 4.69) is 11.4 Å². The van der Waals surface area contributed by atoms with Crippen LogP contribution in [0.1, 0.15) is 31.2 Å². The van der Waals surface area contributed by atoms with Crippen LogP contribution in [-0.2, 0) is 6.54 Å². The fourth-order valence-electron chi connectivity index (χ4n) is 2.41. The highest BCUT2D eigenvalue weighted by atomic mass is 35.5. The first-order valence-corrected chi connectivity index (χ1v) is 6.74. The highest BCUT2D eigenvalue weighted by Crippen LogP contribution is 2.24. The Kier molecular flexibility index (Phi) is 4.69. The lowest BCUT2D eigenvalue weighted by Crippen LogP contribution is -2.38. The summed E-state index contributed by atoms with van der Waals surface area (Å²) in [4.78, 5) is 0. The smallest absolute Gasteiger partial charge is 0.123 e. The topological polar surface area (TPSA) is 21.3 Å². The van der Waals surface area contributed by atoms with E-state index in [0.717, 1.165) is 18.7 Å². The van der Waals surface area contributed by atoms with Gasteiger partial charge in [0.05, 0.1) is 7.11 Å². The van der Waals surface area contributed by atoms with Gasteiger partial charge >= 0.3 is 0 Å². The molecule has 1 saturated carbocycles. The molecular weight excluding hydrogens is 234 g/mol. The molecule has 0 saturated heterocycles. The van der Waals surface area contributed by atoms with Gasteiger partial charge in [-0.2, -0.15) is 0 Å². The van der Waals surface area contributed by atoms with E-state index in [1.54, 1.807) is 7.11 Å². The molecule has 0 bridgehead atoms. The minimum Gasteiger partial charge on any atom is -0.496 e. The summed E-state index contributed by atoms with van der Waals surface area (Å²) in [5.41, 5.74) is 1.20. The molecule has 2 unspecified atom stereocenters. The second kappa shape index (κ2) is 6.27. The third-order valence-corrected chi connectivity index (χ3v) is 3.95. The third-order valence-electron chi connectivity index (χ3n) is 3.43. The van der Waals surface area contributed by atoms with Crippen molar-refractivity contribution in [3.8, 4) is 5.75 Å². The summed E-state index contributed by atoms with van der Waals surface area (Å²) in [6.45, 7) is 0.831. The Morgan fingerprint density at radius 3 is 2.82 bits per heavy atom. The number of hydrogen-bond donors (Lipinski definition) is 1. The molecule has 1 N–H and O–H groups in total. The average molecular weight is 254 g/mol. The van der Waals surface area contributed by atoms with Gasteiger partial charge in [-0.3, -0.25) is 0 Å². The summed E-state index contributed by atoms with van der Waals surface area (Å²) in [5, 5.41) is 3.83. The first-order valence-electron chi connectivity index (χ1n) is 6.30. The maximum absolute atomic E-state index is 6.33. The van der Waals surface area contributed by atoms with Crippen LogP contribution >= 0.6 is 11.6 Å². The Morgan fingerprint density at radius 1 is 1.29 bits per heavy atom. The van der Waals surface area contributed by atoms with Gasteiger partial charge in [0.25, 0.3) is 0 Å². The van der Waals surface area contributed by atoms with E-state index in [4.69, 9.17) is 16.3 Å². The fraction of sp³-hybridized carbons (Fsp3) is 0.571. The van der Waals surface area contributed by atoms with E-state index < -0.39 is 0 Å². The largest absolute Gasteiger partial charge is 0.496 e. The lowest BCUT2D eigenvalue weighted by atomic mass is 9.95. The SMILES string of the molecule is COc1ccccc1CNC1CCCCC1Cl. The minimum atomic E-state index is 0.276. The van der Waals surface area contributed by atoms with Crippen LogP contribution in [0.3, 0.4) is 0 Å². The number of nitrogens with one attached hydrogen (secondary N) is 1. The average Bonchev–Trinajstić information content (AvgIpc) is 2.38. The number of rotatable bonds is 4. The highest BCUT2D eigenvalue weighted by molar-refractivity contribution is 6.21. The molecule has 1 fully saturated rings. The third kappa shape index (κ3) is 3.36. The number of methoxy groups -OCH3 is 1. The summed E-state index contributed by atoms with van der Waals surface area (Å²) in [6.07, 6.45) is 4.86. The maximum Gasteiger partial charge on any atom is 0.123 e. The van der Waals surface area contributed by atoms with Gasteiger partial charge in [0, 0.05) is 23.5 Å². The Balaban J connectivity index is 1.92. The zero-order valence-electron chi connectivity index (χ0n) is 10.3. The van der Waals surface area contributed by atoms with Gasteiger partial charge in [0.15, 0.2) is 0 Å². The number of halogens is 1. The predicted octanol–water partition coefficient (Wildman–Crippen LogP) is 3.33. The Bertz CT molecular complexity index is 356. The first kappa shape index (κ1) is 12.7. The van der Waals surface area contributed by atoms with Crippen molar-refractivity contribution in [3.63, 3.8) is 0 Å². The van der Waals surface area contributed by atoms with Crippen molar-refractivity contribution in [2.75, 3.05) is 7.11 Å². The van der Waals surface area contributed by atoms with Gasteiger partial charge in [0.1, 0.15) is 5.75 Å². The van der Waals surface area contributed by atoms with Gasteiger partial charge in [-0.15, -0.1) is 11.6 Å². The second-order valence-corrected chi connectivity index (χ2v) is 5.16. The minimum absolute atomic E-state index is 0.276. The number of benzene rings is 1. The molecule has 0 radical (unpaired) electrons. The van der Waals surface area contributed by atoms with Crippen LogP contribution in [0.25, 0.3) is 0 Å². The van der Waals surface area contributed by atoms with Crippen LogP contribution in [0.2, 0.25) is 0 Å². The molecule has 2 rings (SSSR count). The molecule has 17 heavy (non-hydrogen) atoms. The van der Waals surface area contributed by atoms with Gasteiger partial charge in [-0.1, -0.05) is 31.0 Å². The molecule has 0 heterocycles. The summed E-state index contributed by atoms with van der Waals surface area (Å²) >= 11 is 6.33. The van der Waals surface area contributed by atoms with E-state index in [9.17, 15) is 0 Å². The summed E-state index contributed by atoms with van der Waals surface area (Å²) in [7, 11) is 1.71. The van der Waals surface area contributed by atoms with Crippen LogP contribution in [0, 0.1) is 0 Å². The number of ether oxygens (including phenoxy) is 1. The second-order valence-electron chi connectivity index (χ2n) is 4.60. The molecule has 1 aliphatic rings. The van der Waals surface area contributed by atoms with Gasteiger partial charge in [-0.05, 0) is 18.9 Å². The first-order chi connectivity index (χ1) is 8.31. The summed E-state index contributed by atoms with van der Waals surface area (Å²) in [5.74, 6) is 0.946. The molecule has 2 nitrogen and oxygen atoms in total. The number of alkyl halides is 1. The molecule has 1 aliphatic carbocycles. The van der Waals surface area contributed by atoms with Gasteiger partial charge in [0.2, 0.25) is 0 Å². The van der Waals surface area contributed by atoms with Gasteiger partial charge in [-0.25, -0.2) is 0 Å². The van der Waals surface area contributed by atoms with Crippen LogP contribution < -0.4 is 10.1 Å². The normalized spacial score (nSPS) is 24.6. The van der Waals surface area contributed by atoms with Crippen molar-refractivity contribution in [2.45, 2.75) is 43.6 Å². The van der Waals surface area contributed by atoms with Crippen LogP contribution in [0.15, 0.2) is 24.3 Å². The standard InChI is InChI=1S/C14H20ClNO/c1-17-14-9-5-2-6-11(14)10-16-13-8-4-3-7-12(13)15/h2,5-6,9,12-13,16H,3-4,7-8,10H2,1H3. The predicted molar refractivity (Wildman–Crippen MR) is 71.7 cm³/mol. The van der Waals surface area contributed by atoms with Crippen molar-refractivity contribution in [3.05, 3.63) is 29.8 Å². The van der Waals surface area contributed by atoms with Crippen LogP contribution in [0.5, 0.6) is 5.75 Å². The Morgan fingerprint density at radius 2 is 2.06 bits per heavy atom. The zero-order valence-corrected chi connectivity index (χ0v) is 11.0. The van der Waals surface area contributed by atoms with Crippen molar-refractivity contribution >= 4 is 11.6 Å². The molecule has 3 heteroatoms. The van der Waals surface area contributed by atoms with Crippen molar-refractivity contribution in [1.82, 2.24) is 5.32 Å². The van der Waals surface area contributed by atoms with E-state index in [1.165, 1.54) is 24.8 Å². The quantitative estimate of drug-likeness (QED) is 0.831. The van der Waals surface area contributed by atoms with Crippen molar-refractivity contribution in [1.29, 1.82) is 0 Å². The van der Waals surface area contributed by atoms with E-state index >= 15 is 0 Å². The fourth-order valence-corrected chi connectivity index (χ4v) is 2.77. The number of para-hydroxylation sites is 1. The maximum atomic E-state index is 6.33. The zero-order chi connectivity index (χ0) is 12.1. The van der Waals surface area contributed by atoms with Crippen LogP contribution in [-0.4, -0.2) is 18.5 Å². The highest BCUT2D eigenvalue weighted by Gasteiger charge is 2.22. The lowest BCUT2D eigenvalue weighted by Gasteiger charge is -2.28. The molecule has 0 spiro atoms. The van der Waals surface area contributed by atoms with E-state index in [1.807, 2.05) is 18.2 Å². The van der Waals surface area contributed by atoms with Crippen LogP contribution in [0.4, 0.5) is 0 Å². The molecule has 0 aromatic heterocycles.